The lowest BCUT2D eigenvalue weighted by Crippen LogP contribution is -2.35. The van der Waals surface area contributed by atoms with Crippen molar-refractivity contribution in [2.45, 2.75) is 32.4 Å². The number of aromatic nitrogens is 3. The number of aryl methyl sites for hydroxylation is 1. The Labute approximate surface area is 193 Å². The Morgan fingerprint density at radius 1 is 1.12 bits per heavy atom. The van der Waals surface area contributed by atoms with Gasteiger partial charge in [0.05, 0.1) is 0 Å². The Hall–Kier alpha value is -3.59. The highest BCUT2D eigenvalue weighted by molar-refractivity contribution is 5.60. The number of hydrogen-bond acceptors (Lipinski definition) is 9. The van der Waals surface area contributed by atoms with Crippen LogP contribution in [0, 0.1) is 5.92 Å². The molecule has 1 saturated heterocycles. The normalized spacial score (nSPS) is 19.8. The summed E-state index contributed by atoms with van der Waals surface area (Å²) < 4.78 is 0. The van der Waals surface area contributed by atoms with Gasteiger partial charge in [0.15, 0.2) is 0 Å². The molecule has 0 amide bonds. The highest BCUT2D eigenvalue weighted by Gasteiger charge is 2.22. The Kier molecular flexibility index (Phi) is 6.12. The Morgan fingerprint density at radius 3 is 2.82 bits per heavy atom. The van der Waals surface area contributed by atoms with Crippen LogP contribution in [0.2, 0.25) is 0 Å². The molecule has 2 aromatic heterocycles. The number of piperidine rings is 1. The van der Waals surface area contributed by atoms with Crippen LogP contribution in [0.25, 0.3) is 0 Å². The van der Waals surface area contributed by atoms with Crippen molar-refractivity contribution in [3.8, 4) is 0 Å². The monoisotopic (exact) mass is 446 g/mol. The van der Waals surface area contributed by atoms with Crippen LogP contribution in [0.4, 0.5) is 23.4 Å². The first-order chi connectivity index (χ1) is 16.2. The molecule has 0 spiro atoms. The van der Waals surface area contributed by atoms with Crippen LogP contribution in [0.5, 0.6) is 0 Å². The number of nitrogens with zero attached hydrogens (tertiary/aromatic N) is 5. The minimum Gasteiger partial charge on any atom is -0.396 e. The van der Waals surface area contributed by atoms with Gasteiger partial charge in [-0.1, -0.05) is 6.92 Å². The summed E-state index contributed by atoms with van der Waals surface area (Å²) in [5.41, 5.74) is 2.17. The zero-order valence-corrected chi connectivity index (χ0v) is 18.8. The van der Waals surface area contributed by atoms with Gasteiger partial charge >= 0.3 is 0 Å². The van der Waals surface area contributed by atoms with E-state index in [0.29, 0.717) is 17.7 Å². The zero-order valence-electron chi connectivity index (χ0n) is 18.8. The summed E-state index contributed by atoms with van der Waals surface area (Å²) in [4.78, 5) is 18.3. The largest absolute Gasteiger partial charge is 0.396 e. The third-order valence-corrected chi connectivity index (χ3v) is 6.25. The smallest absolute Gasteiger partial charge is 0.232 e. The summed E-state index contributed by atoms with van der Waals surface area (Å²) in [6.07, 6.45) is 14.9. The molecule has 0 radical (unpaired) electrons. The summed E-state index contributed by atoms with van der Waals surface area (Å²) in [5, 5.41) is 19.5. The second-order valence-electron chi connectivity index (χ2n) is 8.51. The highest BCUT2D eigenvalue weighted by atomic mass is 16.3. The molecule has 3 aliphatic heterocycles. The van der Waals surface area contributed by atoms with Crippen molar-refractivity contribution in [1.29, 1.82) is 0 Å². The molecular weight excluding hydrogens is 416 g/mol. The van der Waals surface area contributed by atoms with E-state index in [0.717, 1.165) is 49.7 Å². The number of pyridine rings is 1. The first kappa shape index (κ1) is 21.3. The summed E-state index contributed by atoms with van der Waals surface area (Å²) in [6, 6.07) is 6.02. The fraction of sp³-hybridized carbons (Fsp3) is 0.375. The number of nitrogens with one attached hydrogen (secondary N) is 3. The third kappa shape index (κ3) is 4.93. The van der Waals surface area contributed by atoms with E-state index in [4.69, 9.17) is 9.97 Å². The van der Waals surface area contributed by atoms with E-state index in [-0.39, 0.29) is 12.8 Å². The number of aliphatic hydroxyl groups excluding tert-OH is 1. The van der Waals surface area contributed by atoms with Crippen molar-refractivity contribution in [3.63, 3.8) is 0 Å². The maximum Gasteiger partial charge on any atom is 0.232 e. The Balaban J connectivity index is 1.40. The predicted octanol–water partition coefficient (Wildman–Crippen LogP) is 2.91. The van der Waals surface area contributed by atoms with Gasteiger partial charge in [0, 0.05) is 56.3 Å². The maximum absolute atomic E-state index is 9.49. The van der Waals surface area contributed by atoms with Crippen molar-refractivity contribution in [2.24, 2.45) is 5.92 Å². The lowest BCUT2D eigenvalue weighted by atomic mass is 9.98. The molecule has 172 valence electrons. The second kappa shape index (κ2) is 9.50. The van der Waals surface area contributed by atoms with Gasteiger partial charge in [0.1, 0.15) is 23.6 Å². The average Bonchev–Trinajstić information content (AvgIpc) is 3.32. The van der Waals surface area contributed by atoms with Crippen molar-refractivity contribution in [3.05, 3.63) is 66.4 Å². The van der Waals surface area contributed by atoms with E-state index >= 15 is 0 Å². The molecule has 9 heteroatoms. The average molecular weight is 447 g/mol. The van der Waals surface area contributed by atoms with Crippen LogP contribution in [0.15, 0.2) is 60.8 Å². The number of fused-ring (bicyclic) bond motifs is 1. The lowest BCUT2D eigenvalue weighted by Gasteiger charge is -2.32. The van der Waals surface area contributed by atoms with Crippen LogP contribution in [0.3, 0.4) is 0 Å². The van der Waals surface area contributed by atoms with E-state index in [9.17, 15) is 5.11 Å². The molecule has 1 fully saturated rings. The summed E-state index contributed by atoms with van der Waals surface area (Å²) in [5.74, 6) is 3.18. The van der Waals surface area contributed by atoms with Gasteiger partial charge in [0.25, 0.3) is 0 Å². The molecule has 3 aliphatic rings. The lowest BCUT2D eigenvalue weighted by molar-refractivity contribution is 0.203. The van der Waals surface area contributed by atoms with Crippen molar-refractivity contribution >= 4 is 23.4 Å². The third-order valence-electron chi connectivity index (χ3n) is 6.25. The van der Waals surface area contributed by atoms with E-state index in [2.05, 4.69) is 43.7 Å². The van der Waals surface area contributed by atoms with Gasteiger partial charge in [-0.15, -0.1) is 0 Å². The van der Waals surface area contributed by atoms with E-state index in [1.165, 1.54) is 5.56 Å². The molecule has 0 saturated carbocycles. The van der Waals surface area contributed by atoms with Crippen LogP contribution in [0.1, 0.15) is 25.3 Å². The molecule has 0 bridgehead atoms. The molecule has 5 heterocycles. The number of hydrogen-bond donors (Lipinski definition) is 4. The molecule has 0 aliphatic carbocycles. The zero-order chi connectivity index (χ0) is 22.6. The Morgan fingerprint density at radius 2 is 2.00 bits per heavy atom. The first-order valence-electron chi connectivity index (χ1n) is 11.5. The van der Waals surface area contributed by atoms with Crippen LogP contribution >= 0.6 is 0 Å². The molecule has 1 atom stereocenters. The van der Waals surface area contributed by atoms with Crippen molar-refractivity contribution in [1.82, 2.24) is 25.2 Å². The van der Waals surface area contributed by atoms with E-state index in [1.54, 1.807) is 6.20 Å². The van der Waals surface area contributed by atoms with E-state index in [1.807, 2.05) is 42.9 Å². The SMILES string of the molecule is CCc1ccnc(Nc2nc(NC3=CC4NC=CN4C=C3)cc(N3CCC(CO)CC3)n2)c1. The van der Waals surface area contributed by atoms with Gasteiger partial charge in [-0.05, 0) is 55.0 Å². The quantitative estimate of drug-likeness (QED) is 0.511. The van der Waals surface area contributed by atoms with Gasteiger partial charge < -0.3 is 30.9 Å². The summed E-state index contributed by atoms with van der Waals surface area (Å²) in [6.45, 7) is 4.09. The van der Waals surface area contributed by atoms with Gasteiger partial charge in [-0.3, -0.25) is 0 Å². The molecule has 33 heavy (non-hydrogen) atoms. The molecule has 1 unspecified atom stereocenters. The second-order valence-corrected chi connectivity index (χ2v) is 8.51. The van der Waals surface area contributed by atoms with Crippen molar-refractivity contribution in [2.75, 3.05) is 35.2 Å². The molecule has 9 nitrogen and oxygen atoms in total. The van der Waals surface area contributed by atoms with Gasteiger partial charge in [0.2, 0.25) is 5.95 Å². The Bertz CT molecular complexity index is 1070. The number of aliphatic hydroxyl groups is 1. The van der Waals surface area contributed by atoms with Gasteiger partial charge in [-0.2, -0.15) is 9.97 Å². The first-order valence-corrected chi connectivity index (χ1v) is 11.5. The standard InChI is InChI=1S/C24H30N8O/c1-2-17-3-7-25-20(13-17)28-24-29-21(27-19-6-11-32-12-8-26-22(32)14-19)15-23(30-24)31-9-4-18(16-33)5-10-31/h3,6-8,11-15,18,22,26,33H,2,4-5,9-10,16H2,1H3,(H2,25,27,28,29,30). The predicted molar refractivity (Wildman–Crippen MR) is 130 cm³/mol. The van der Waals surface area contributed by atoms with Crippen LogP contribution in [-0.4, -0.2) is 50.8 Å². The highest BCUT2D eigenvalue weighted by Crippen LogP contribution is 2.27. The summed E-state index contributed by atoms with van der Waals surface area (Å²) in [7, 11) is 0. The summed E-state index contributed by atoms with van der Waals surface area (Å²) >= 11 is 0. The minimum absolute atomic E-state index is 0.106. The molecule has 0 aromatic carbocycles. The molecule has 5 rings (SSSR count). The van der Waals surface area contributed by atoms with Crippen LogP contribution in [-0.2, 0) is 6.42 Å². The van der Waals surface area contributed by atoms with Crippen LogP contribution < -0.4 is 20.9 Å². The minimum atomic E-state index is 0.106. The fourth-order valence-corrected chi connectivity index (χ4v) is 4.24. The topological polar surface area (TPSA) is 101 Å². The maximum atomic E-state index is 9.49. The number of anilines is 4. The molecular formula is C24H30N8O. The fourth-order valence-electron chi connectivity index (χ4n) is 4.24. The number of rotatable bonds is 7. The molecule has 4 N–H and O–H groups in total. The number of allylic oxidation sites excluding steroid dienone is 1. The van der Waals surface area contributed by atoms with Crippen molar-refractivity contribution < 1.29 is 5.11 Å². The van der Waals surface area contributed by atoms with E-state index < -0.39 is 0 Å². The molecule has 2 aromatic rings. The van der Waals surface area contributed by atoms with Gasteiger partial charge in [-0.25, -0.2) is 4.98 Å².